The second-order valence-electron chi connectivity index (χ2n) is 4.65. The number of aromatic carboxylic acids is 1. The lowest BCUT2D eigenvalue weighted by molar-refractivity contribution is -0.117. The summed E-state index contributed by atoms with van der Waals surface area (Å²) in [6, 6.07) is 0. The number of H-pyrrole nitrogens is 1. The van der Waals surface area contributed by atoms with E-state index in [9.17, 15) is 9.59 Å². The minimum absolute atomic E-state index is 0.0287. The number of ether oxygens (including phenoxy) is 1. The van der Waals surface area contributed by atoms with Crippen molar-refractivity contribution in [2.75, 3.05) is 11.4 Å². The van der Waals surface area contributed by atoms with Gasteiger partial charge >= 0.3 is 5.97 Å². The van der Waals surface area contributed by atoms with E-state index in [0.29, 0.717) is 12.2 Å². The minimum Gasteiger partial charge on any atom is -0.481 e. The molecule has 1 aromatic heterocycles. The van der Waals surface area contributed by atoms with Gasteiger partial charge in [0.1, 0.15) is 11.3 Å². The molecule has 0 unspecified atom stereocenters. The first kappa shape index (κ1) is 11.5. The molecule has 2 rings (SSSR count). The van der Waals surface area contributed by atoms with Gasteiger partial charge in [-0.05, 0) is 13.8 Å². The van der Waals surface area contributed by atoms with Crippen LogP contribution in [0.4, 0.5) is 5.69 Å². The topological polar surface area (TPSA) is 82.6 Å². The zero-order valence-corrected chi connectivity index (χ0v) is 9.90. The van der Waals surface area contributed by atoms with Gasteiger partial charge in [-0.2, -0.15) is 0 Å². The molecule has 1 aromatic rings. The van der Waals surface area contributed by atoms with E-state index < -0.39 is 11.6 Å². The molecule has 0 saturated heterocycles. The monoisotopic (exact) mass is 238 g/mol. The Morgan fingerprint density at radius 2 is 2.18 bits per heavy atom. The molecule has 6 nitrogen and oxygen atoms in total. The first-order valence-electron chi connectivity index (χ1n) is 5.23. The SMILES string of the molecule is CC(=O)N1CC(C)(C)Oc2c1c[nH]c2C(=O)O. The van der Waals surface area contributed by atoms with Gasteiger partial charge in [0.25, 0.3) is 0 Å². The maximum atomic E-state index is 11.5. The molecule has 1 aliphatic heterocycles. The molecule has 1 amide bonds. The van der Waals surface area contributed by atoms with Crippen molar-refractivity contribution in [2.24, 2.45) is 0 Å². The zero-order valence-electron chi connectivity index (χ0n) is 9.90. The number of carbonyl (C=O) groups is 2. The summed E-state index contributed by atoms with van der Waals surface area (Å²) in [7, 11) is 0. The van der Waals surface area contributed by atoms with Crippen LogP contribution in [0.5, 0.6) is 5.75 Å². The minimum atomic E-state index is -1.10. The van der Waals surface area contributed by atoms with Gasteiger partial charge in [-0.25, -0.2) is 4.79 Å². The predicted molar refractivity (Wildman–Crippen MR) is 60.5 cm³/mol. The van der Waals surface area contributed by atoms with Gasteiger partial charge in [0.05, 0.1) is 6.54 Å². The number of nitrogens with one attached hydrogen (secondary N) is 1. The van der Waals surface area contributed by atoms with Crippen molar-refractivity contribution in [2.45, 2.75) is 26.4 Å². The Morgan fingerprint density at radius 3 is 2.71 bits per heavy atom. The number of rotatable bonds is 1. The van der Waals surface area contributed by atoms with Crippen LogP contribution in [0.1, 0.15) is 31.3 Å². The van der Waals surface area contributed by atoms with Crippen LogP contribution < -0.4 is 9.64 Å². The summed E-state index contributed by atoms with van der Waals surface area (Å²) in [4.78, 5) is 26.7. The molecule has 0 aliphatic carbocycles. The van der Waals surface area contributed by atoms with Gasteiger partial charge in [0.15, 0.2) is 11.4 Å². The fourth-order valence-corrected chi connectivity index (χ4v) is 1.92. The molecule has 6 heteroatoms. The highest BCUT2D eigenvalue weighted by Crippen LogP contribution is 2.39. The van der Waals surface area contributed by atoms with Crippen molar-refractivity contribution >= 4 is 17.6 Å². The van der Waals surface area contributed by atoms with Gasteiger partial charge in [-0.1, -0.05) is 0 Å². The number of carbonyl (C=O) groups excluding carboxylic acids is 1. The van der Waals surface area contributed by atoms with E-state index in [1.54, 1.807) is 0 Å². The summed E-state index contributed by atoms with van der Waals surface area (Å²) in [6.45, 7) is 5.46. The molecule has 0 spiro atoms. The van der Waals surface area contributed by atoms with E-state index in [1.165, 1.54) is 18.0 Å². The van der Waals surface area contributed by atoms with Gasteiger partial charge in [-0.15, -0.1) is 0 Å². The lowest BCUT2D eigenvalue weighted by Crippen LogP contribution is -2.48. The number of anilines is 1. The summed E-state index contributed by atoms with van der Waals surface area (Å²) in [5.74, 6) is -1.02. The summed E-state index contributed by atoms with van der Waals surface area (Å²) in [5, 5.41) is 9.01. The third-order valence-electron chi connectivity index (χ3n) is 2.61. The van der Waals surface area contributed by atoms with E-state index >= 15 is 0 Å². The third kappa shape index (κ3) is 1.86. The van der Waals surface area contributed by atoms with Crippen LogP contribution in [-0.2, 0) is 4.79 Å². The number of carboxylic acid groups (broad SMARTS) is 1. The Hall–Kier alpha value is -1.98. The van der Waals surface area contributed by atoms with Crippen LogP contribution in [0, 0.1) is 0 Å². The maximum absolute atomic E-state index is 11.5. The Balaban J connectivity index is 2.54. The fraction of sp³-hybridized carbons (Fsp3) is 0.455. The van der Waals surface area contributed by atoms with Crippen molar-refractivity contribution in [3.8, 4) is 5.75 Å². The van der Waals surface area contributed by atoms with Gasteiger partial charge in [-0.3, -0.25) is 4.79 Å². The highest BCUT2D eigenvalue weighted by Gasteiger charge is 2.37. The van der Waals surface area contributed by atoms with E-state index in [1.807, 2.05) is 13.8 Å². The first-order valence-corrected chi connectivity index (χ1v) is 5.23. The number of amides is 1. The highest BCUT2D eigenvalue weighted by atomic mass is 16.5. The molecule has 2 heterocycles. The smallest absolute Gasteiger partial charge is 0.356 e. The number of aromatic amines is 1. The average Bonchev–Trinajstić information content (AvgIpc) is 2.57. The lowest BCUT2D eigenvalue weighted by atomic mass is 10.1. The molecule has 2 N–H and O–H groups in total. The summed E-state index contributed by atoms with van der Waals surface area (Å²) >= 11 is 0. The van der Waals surface area contributed by atoms with E-state index in [2.05, 4.69) is 4.98 Å². The molecule has 17 heavy (non-hydrogen) atoms. The van der Waals surface area contributed by atoms with Crippen molar-refractivity contribution in [1.29, 1.82) is 0 Å². The standard InChI is InChI=1S/C11H14N2O4/c1-6(14)13-5-11(2,3)17-9-7(13)4-12-8(9)10(15)16/h4,12H,5H2,1-3H3,(H,15,16). The average molecular weight is 238 g/mol. The van der Waals surface area contributed by atoms with Crippen molar-refractivity contribution in [3.63, 3.8) is 0 Å². The highest BCUT2D eigenvalue weighted by molar-refractivity contribution is 5.98. The molecular weight excluding hydrogens is 224 g/mol. The molecule has 0 fully saturated rings. The molecule has 0 saturated carbocycles. The van der Waals surface area contributed by atoms with Gasteiger partial charge < -0.3 is 19.7 Å². The summed E-state index contributed by atoms with van der Waals surface area (Å²) in [5.41, 5.74) is -0.154. The molecule has 0 radical (unpaired) electrons. The van der Waals surface area contributed by atoms with Crippen molar-refractivity contribution in [3.05, 3.63) is 11.9 Å². The Kier molecular flexibility index (Phi) is 2.38. The van der Waals surface area contributed by atoms with Crippen LogP contribution in [0.3, 0.4) is 0 Å². The van der Waals surface area contributed by atoms with E-state index in [-0.39, 0.29) is 17.4 Å². The van der Waals surface area contributed by atoms with Crippen LogP contribution in [0.25, 0.3) is 0 Å². The first-order chi connectivity index (χ1) is 7.82. The van der Waals surface area contributed by atoms with Crippen LogP contribution in [0.15, 0.2) is 6.20 Å². The largest absolute Gasteiger partial charge is 0.481 e. The quantitative estimate of drug-likeness (QED) is 0.771. The predicted octanol–water partition coefficient (Wildman–Crippen LogP) is 1.24. The molecule has 1 aliphatic rings. The maximum Gasteiger partial charge on any atom is 0.356 e. The number of hydrogen-bond acceptors (Lipinski definition) is 3. The second kappa shape index (κ2) is 3.51. The second-order valence-corrected chi connectivity index (χ2v) is 4.65. The number of nitrogens with zero attached hydrogens (tertiary/aromatic N) is 1. The number of hydrogen-bond donors (Lipinski definition) is 2. The number of fused-ring (bicyclic) bond motifs is 1. The number of carboxylic acids is 1. The molecule has 0 atom stereocenters. The molecule has 0 bridgehead atoms. The molecular formula is C11H14N2O4. The van der Waals surface area contributed by atoms with Gasteiger partial charge in [0, 0.05) is 13.1 Å². The molecule has 0 aromatic carbocycles. The lowest BCUT2D eigenvalue weighted by Gasteiger charge is -2.37. The zero-order chi connectivity index (χ0) is 12.8. The number of aromatic nitrogens is 1. The Labute approximate surface area is 98.2 Å². The Morgan fingerprint density at radius 1 is 1.53 bits per heavy atom. The van der Waals surface area contributed by atoms with Crippen molar-refractivity contribution < 1.29 is 19.4 Å². The van der Waals surface area contributed by atoms with E-state index in [4.69, 9.17) is 9.84 Å². The normalized spacial score (nSPS) is 17.2. The van der Waals surface area contributed by atoms with E-state index in [0.717, 1.165) is 0 Å². The van der Waals surface area contributed by atoms with Crippen LogP contribution in [0.2, 0.25) is 0 Å². The van der Waals surface area contributed by atoms with Gasteiger partial charge in [0.2, 0.25) is 5.91 Å². The summed E-state index contributed by atoms with van der Waals surface area (Å²) < 4.78 is 5.63. The summed E-state index contributed by atoms with van der Waals surface area (Å²) in [6.07, 6.45) is 1.48. The molecule has 92 valence electrons. The third-order valence-corrected chi connectivity index (χ3v) is 2.61. The van der Waals surface area contributed by atoms with Crippen molar-refractivity contribution in [1.82, 2.24) is 4.98 Å². The van der Waals surface area contributed by atoms with Crippen LogP contribution >= 0.6 is 0 Å². The Bertz CT molecular complexity index is 490. The fourth-order valence-electron chi connectivity index (χ4n) is 1.92. The van der Waals surface area contributed by atoms with Crippen LogP contribution in [-0.4, -0.2) is 34.1 Å².